The van der Waals surface area contributed by atoms with Crippen LogP contribution in [0.1, 0.15) is 12.0 Å². The molecule has 82 valence electrons. The third-order valence-electron chi connectivity index (χ3n) is 2.91. The SMILES string of the molecule is COc1ccc(F)cc1CC1CCNC1. The number of hydrogen-bond donors (Lipinski definition) is 1. The molecule has 1 atom stereocenters. The lowest BCUT2D eigenvalue weighted by Crippen LogP contribution is -2.11. The van der Waals surface area contributed by atoms with Gasteiger partial charge in [-0.15, -0.1) is 0 Å². The van der Waals surface area contributed by atoms with Gasteiger partial charge in [0.2, 0.25) is 0 Å². The van der Waals surface area contributed by atoms with E-state index >= 15 is 0 Å². The fourth-order valence-electron chi connectivity index (χ4n) is 2.11. The van der Waals surface area contributed by atoms with Crippen molar-refractivity contribution in [1.82, 2.24) is 5.32 Å². The zero-order valence-corrected chi connectivity index (χ0v) is 8.92. The number of rotatable bonds is 3. The maximum atomic E-state index is 13.1. The summed E-state index contributed by atoms with van der Waals surface area (Å²) in [6.45, 7) is 2.10. The van der Waals surface area contributed by atoms with Crippen LogP contribution in [0, 0.1) is 11.7 Å². The van der Waals surface area contributed by atoms with E-state index in [0.717, 1.165) is 30.8 Å². The normalized spacial score (nSPS) is 20.5. The molecule has 1 heterocycles. The molecule has 0 spiro atoms. The van der Waals surface area contributed by atoms with E-state index in [1.165, 1.54) is 12.5 Å². The van der Waals surface area contributed by atoms with Gasteiger partial charge in [-0.05, 0) is 55.6 Å². The van der Waals surface area contributed by atoms with Gasteiger partial charge in [-0.3, -0.25) is 0 Å². The van der Waals surface area contributed by atoms with Gasteiger partial charge in [0.15, 0.2) is 0 Å². The summed E-state index contributed by atoms with van der Waals surface area (Å²) in [5.74, 6) is 1.22. The van der Waals surface area contributed by atoms with Crippen LogP contribution in [-0.2, 0) is 6.42 Å². The topological polar surface area (TPSA) is 21.3 Å². The van der Waals surface area contributed by atoms with Crippen molar-refractivity contribution in [2.45, 2.75) is 12.8 Å². The number of hydrogen-bond acceptors (Lipinski definition) is 2. The molecular weight excluding hydrogens is 193 g/mol. The molecule has 1 aromatic rings. The highest BCUT2D eigenvalue weighted by atomic mass is 19.1. The monoisotopic (exact) mass is 209 g/mol. The fraction of sp³-hybridized carbons (Fsp3) is 0.500. The van der Waals surface area contributed by atoms with E-state index in [0.29, 0.717) is 5.92 Å². The standard InChI is InChI=1S/C12H16FNO/c1-15-12-3-2-11(13)7-10(12)6-9-4-5-14-8-9/h2-3,7,9,14H,4-6,8H2,1H3. The summed E-state index contributed by atoms with van der Waals surface area (Å²) >= 11 is 0. The van der Waals surface area contributed by atoms with Crippen LogP contribution < -0.4 is 10.1 Å². The Morgan fingerprint density at radius 1 is 1.53 bits per heavy atom. The lowest BCUT2D eigenvalue weighted by Gasteiger charge is -2.12. The molecule has 0 saturated carbocycles. The Hall–Kier alpha value is -1.09. The lowest BCUT2D eigenvalue weighted by atomic mass is 9.98. The average Bonchev–Trinajstić information content (AvgIpc) is 2.71. The smallest absolute Gasteiger partial charge is 0.123 e. The molecular formula is C12H16FNO. The number of halogens is 1. The van der Waals surface area contributed by atoms with Crippen LogP contribution in [0.15, 0.2) is 18.2 Å². The van der Waals surface area contributed by atoms with Crippen molar-refractivity contribution >= 4 is 0 Å². The summed E-state index contributed by atoms with van der Waals surface area (Å²) in [7, 11) is 1.63. The Morgan fingerprint density at radius 2 is 2.40 bits per heavy atom. The predicted octanol–water partition coefficient (Wildman–Crippen LogP) is 1.99. The Bertz CT molecular complexity index is 334. The molecule has 2 rings (SSSR count). The molecule has 0 aliphatic carbocycles. The van der Waals surface area contributed by atoms with Gasteiger partial charge in [-0.2, -0.15) is 0 Å². The quantitative estimate of drug-likeness (QED) is 0.822. The van der Waals surface area contributed by atoms with E-state index in [9.17, 15) is 4.39 Å². The summed E-state index contributed by atoms with van der Waals surface area (Å²) in [5, 5.41) is 3.31. The number of nitrogens with one attached hydrogen (secondary N) is 1. The van der Waals surface area contributed by atoms with Gasteiger partial charge >= 0.3 is 0 Å². The van der Waals surface area contributed by atoms with E-state index in [1.54, 1.807) is 19.2 Å². The van der Waals surface area contributed by atoms with Gasteiger partial charge in [-0.25, -0.2) is 4.39 Å². The highest BCUT2D eigenvalue weighted by molar-refractivity contribution is 5.34. The van der Waals surface area contributed by atoms with Crippen LogP contribution in [0.5, 0.6) is 5.75 Å². The maximum absolute atomic E-state index is 13.1. The first-order valence-electron chi connectivity index (χ1n) is 5.32. The molecule has 1 unspecified atom stereocenters. The lowest BCUT2D eigenvalue weighted by molar-refractivity contribution is 0.404. The maximum Gasteiger partial charge on any atom is 0.123 e. The van der Waals surface area contributed by atoms with Crippen molar-refractivity contribution in [3.8, 4) is 5.75 Å². The molecule has 1 aromatic carbocycles. The van der Waals surface area contributed by atoms with E-state index < -0.39 is 0 Å². The number of ether oxygens (including phenoxy) is 1. The van der Waals surface area contributed by atoms with Crippen LogP contribution in [0.25, 0.3) is 0 Å². The first kappa shape index (κ1) is 10.4. The van der Waals surface area contributed by atoms with Crippen molar-refractivity contribution in [1.29, 1.82) is 0 Å². The minimum atomic E-state index is -0.184. The molecule has 1 fully saturated rings. The molecule has 15 heavy (non-hydrogen) atoms. The predicted molar refractivity (Wildman–Crippen MR) is 57.6 cm³/mol. The first-order valence-corrected chi connectivity index (χ1v) is 5.32. The second-order valence-corrected chi connectivity index (χ2v) is 4.02. The zero-order chi connectivity index (χ0) is 10.7. The Morgan fingerprint density at radius 3 is 3.07 bits per heavy atom. The third kappa shape index (κ3) is 2.48. The minimum Gasteiger partial charge on any atom is -0.496 e. The highest BCUT2D eigenvalue weighted by Crippen LogP contribution is 2.24. The van der Waals surface area contributed by atoms with Crippen molar-refractivity contribution < 1.29 is 9.13 Å². The zero-order valence-electron chi connectivity index (χ0n) is 8.92. The van der Waals surface area contributed by atoms with E-state index in [2.05, 4.69) is 5.32 Å². The van der Waals surface area contributed by atoms with Crippen molar-refractivity contribution in [3.05, 3.63) is 29.6 Å². The van der Waals surface area contributed by atoms with Gasteiger partial charge in [0, 0.05) is 0 Å². The van der Waals surface area contributed by atoms with Crippen LogP contribution in [0.4, 0.5) is 4.39 Å². The third-order valence-corrected chi connectivity index (χ3v) is 2.91. The average molecular weight is 209 g/mol. The van der Waals surface area contributed by atoms with Crippen molar-refractivity contribution in [2.24, 2.45) is 5.92 Å². The highest BCUT2D eigenvalue weighted by Gasteiger charge is 2.17. The van der Waals surface area contributed by atoms with E-state index in [4.69, 9.17) is 4.74 Å². The van der Waals surface area contributed by atoms with Gasteiger partial charge in [0.25, 0.3) is 0 Å². The Labute approximate surface area is 89.4 Å². The first-order chi connectivity index (χ1) is 7.29. The number of benzene rings is 1. The van der Waals surface area contributed by atoms with Gasteiger partial charge in [-0.1, -0.05) is 0 Å². The summed E-state index contributed by atoms with van der Waals surface area (Å²) < 4.78 is 18.3. The molecule has 1 N–H and O–H groups in total. The van der Waals surface area contributed by atoms with Crippen molar-refractivity contribution in [3.63, 3.8) is 0 Å². The summed E-state index contributed by atoms with van der Waals surface area (Å²) in [5.41, 5.74) is 0.978. The number of methoxy groups -OCH3 is 1. The fourth-order valence-corrected chi connectivity index (χ4v) is 2.11. The summed E-state index contributed by atoms with van der Waals surface area (Å²) in [6, 6.07) is 4.72. The Balaban J connectivity index is 2.14. The van der Waals surface area contributed by atoms with Gasteiger partial charge < -0.3 is 10.1 Å². The molecule has 0 radical (unpaired) electrons. The van der Waals surface area contributed by atoms with Gasteiger partial charge in [0.1, 0.15) is 11.6 Å². The van der Waals surface area contributed by atoms with Gasteiger partial charge in [0.05, 0.1) is 7.11 Å². The molecule has 1 saturated heterocycles. The van der Waals surface area contributed by atoms with Crippen LogP contribution >= 0.6 is 0 Å². The second-order valence-electron chi connectivity index (χ2n) is 4.02. The van der Waals surface area contributed by atoms with E-state index in [1.807, 2.05) is 0 Å². The molecule has 0 aromatic heterocycles. The van der Waals surface area contributed by atoms with Crippen LogP contribution in [0.2, 0.25) is 0 Å². The minimum absolute atomic E-state index is 0.184. The molecule has 1 aliphatic heterocycles. The molecule has 0 bridgehead atoms. The summed E-state index contributed by atoms with van der Waals surface area (Å²) in [4.78, 5) is 0. The van der Waals surface area contributed by atoms with Crippen LogP contribution in [0.3, 0.4) is 0 Å². The molecule has 1 aliphatic rings. The molecule has 2 nitrogen and oxygen atoms in total. The van der Waals surface area contributed by atoms with E-state index in [-0.39, 0.29) is 5.82 Å². The second kappa shape index (κ2) is 4.62. The molecule has 3 heteroatoms. The van der Waals surface area contributed by atoms with Crippen molar-refractivity contribution in [2.75, 3.05) is 20.2 Å². The largest absolute Gasteiger partial charge is 0.496 e. The Kier molecular flexibility index (Phi) is 3.21. The summed E-state index contributed by atoms with van der Waals surface area (Å²) in [6.07, 6.45) is 2.06. The van der Waals surface area contributed by atoms with Crippen LogP contribution in [-0.4, -0.2) is 20.2 Å². The molecule has 0 amide bonds.